The highest BCUT2D eigenvalue weighted by Gasteiger charge is 2.60. The number of esters is 1. The largest absolute Gasteiger partial charge is 0.426 e. The van der Waals surface area contributed by atoms with E-state index in [0.29, 0.717) is 17.6 Å². The Morgan fingerprint density at radius 1 is 1.14 bits per heavy atom. The number of aryl methyl sites for hydroxylation is 1. The third kappa shape index (κ3) is 2.28. The van der Waals surface area contributed by atoms with Crippen LogP contribution < -0.4 is 4.74 Å². The van der Waals surface area contributed by atoms with Gasteiger partial charge < -0.3 is 4.74 Å². The number of carbonyl (C=O) groups is 1. The summed E-state index contributed by atoms with van der Waals surface area (Å²) in [6.07, 6.45) is 6.19. The molecule has 4 aliphatic carbocycles. The highest BCUT2D eigenvalue weighted by Crippen LogP contribution is 2.64. The maximum absolute atomic E-state index is 12.8. The summed E-state index contributed by atoms with van der Waals surface area (Å²) in [5.74, 6) is 1.85. The Hall–Kier alpha value is -1.02. The smallest absolute Gasteiger partial charge is 0.317 e. The molecule has 4 aliphatic rings. The summed E-state index contributed by atoms with van der Waals surface area (Å²) in [5, 5.41) is 0. The van der Waals surface area contributed by atoms with Crippen molar-refractivity contribution in [2.45, 2.75) is 50.3 Å². The van der Waals surface area contributed by atoms with Gasteiger partial charge in [-0.2, -0.15) is 0 Å². The number of rotatable bonds is 2. The molecule has 2 nitrogen and oxygen atoms in total. The molecule has 2 unspecified atom stereocenters. The predicted molar refractivity (Wildman–Crippen MR) is 82.5 cm³/mol. The van der Waals surface area contributed by atoms with E-state index in [1.54, 1.807) is 0 Å². The van der Waals surface area contributed by atoms with Crippen molar-refractivity contribution in [1.82, 2.24) is 0 Å². The molecule has 0 radical (unpaired) electrons. The Balaban J connectivity index is 1.57. The van der Waals surface area contributed by atoms with Crippen molar-refractivity contribution < 1.29 is 9.53 Å². The van der Waals surface area contributed by atoms with Crippen LogP contribution in [0.25, 0.3) is 0 Å². The third-order valence-corrected chi connectivity index (χ3v) is 6.10. The molecule has 21 heavy (non-hydrogen) atoms. The maximum Gasteiger partial charge on any atom is 0.317 e. The molecule has 3 heteroatoms. The predicted octanol–water partition coefficient (Wildman–Crippen LogP) is 4.48. The molecule has 0 saturated heterocycles. The van der Waals surface area contributed by atoms with E-state index < -0.39 is 0 Å². The van der Waals surface area contributed by atoms with Gasteiger partial charge in [-0.1, -0.05) is 17.7 Å². The van der Waals surface area contributed by atoms with Crippen molar-refractivity contribution in [3.05, 3.63) is 29.8 Å². The van der Waals surface area contributed by atoms with Crippen LogP contribution in [0.2, 0.25) is 0 Å². The summed E-state index contributed by atoms with van der Waals surface area (Å²) < 4.78 is 5.70. The lowest BCUT2D eigenvalue weighted by atomic mass is 9.49. The van der Waals surface area contributed by atoms with Gasteiger partial charge in [0.05, 0.1) is 5.41 Å². The van der Waals surface area contributed by atoms with Gasteiger partial charge in [0.2, 0.25) is 0 Å². The first-order valence-electron chi connectivity index (χ1n) is 7.94. The van der Waals surface area contributed by atoms with E-state index in [-0.39, 0.29) is 16.3 Å². The summed E-state index contributed by atoms with van der Waals surface area (Å²) in [5.41, 5.74) is 0.848. The highest BCUT2D eigenvalue weighted by molar-refractivity contribution is 6.24. The molecule has 0 amide bonds. The molecule has 2 atom stereocenters. The molecule has 4 bridgehead atoms. The zero-order valence-electron chi connectivity index (χ0n) is 12.4. The highest BCUT2D eigenvalue weighted by atomic mass is 35.5. The van der Waals surface area contributed by atoms with E-state index in [9.17, 15) is 4.79 Å². The lowest BCUT2D eigenvalue weighted by Crippen LogP contribution is -2.56. The molecule has 0 spiro atoms. The Morgan fingerprint density at radius 2 is 1.76 bits per heavy atom. The van der Waals surface area contributed by atoms with Crippen LogP contribution in [0, 0.1) is 24.2 Å². The van der Waals surface area contributed by atoms with Gasteiger partial charge in [-0.05, 0) is 69.4 Å². The molecular weight excluding hydrogens is 284 g/mol. The van der Waals surface area contributed by atoms with Crippen LogP contribution in [0.3, 0.4) is 0 Å². The van der Waals surface area contributed by atoms with Crippen molar-refractivity contribution in [2.24, 2.45) is 17.3 Å². The van der Waals surface area contributed by atoms with Gasteiger partial charge in [0, 0.05) is 4.87 Å². The van der Waals surface area contributed by atoms with Crippen LogP contribution in [0.4, 0.5) is 0 Å². The second-order valence-corrected chi connectivity index (χ2v) is 8.40. The van der Waals surface area contributed by atoms with E-state index >= 15 is 0 Å². The van der Waals surface area contributed by atoms with E-state index in [4.69, 9.17) is 16.3 Å². The zero-order valence-corrected chi connectivity index (χ0v) is 13.2. The van der Waals surface area contributed by atoms with Crippen molar-refractivity contribution in [1.29, 1.82) is 0 Å². The molecule has 0 heterocycles. The SMILES string of the molecule is Cc1ccc(OC(=O)C23CC4CC(CC(Cl)(C4)C2)C3)cc1. The van der Waals surface area contributed by atoms with Gasteiger partial charge >= 0.3 is 5.97 Å². The van der Waals surface area contributed by atoms with Crippen LogP contribution in [0.15, 0.2) is 24.3 Å². The second-order valence-electron chi connectivity index (χ2n) is 7.59. The first kappa shape index (κ1) is 13.6. The number of hydrogen-bond donors (Lipinski definition) is 0. The molecule has 0 N–H and O–H groups in total. The van der Waals surface area contributed by atoms with Crippen LogP contribution in [0.1, 0.15) is 44.1 Å². The molecule has 112 valence electrons. The number of ether oxygens (including phenoxy) is 1. The molecule has 4 saturated carbocycles. The fourth-order valence-electron chi connectivity index (χ4n) is 5.21. The van der Waals surface area contributed by atoms with Crippen LogP contribution >= 0.6 is 11.6 Å². The van der Waals surface area contributed by atoms with E-state index in [1.807, 2.05) is 31.2 Å². The zero-order chi connectivity index (χ0) is 14.7. The number of alkyl halides is 1. The van der Waals surface area contributed by atoms with Crippen molar-refractivity contribution >= 4 is 17.6 Å². The third-order valence-electron chi connectivity index (χ3n) is 5.65. The minimum atomic E-state index is -0.323. The number of halogens is 1. The molecule has 0 aliphatic heterocycles. The summed E-state index contributed by atoms with van der Waals surface area (Å²) in [4.78, 5) is 12.7. The van der Waals surface area contributed by atoms with Crippen molar-refractivity contribution in [3.63, 3.8) is 0 Å². The maximum atomic E-state index is 12.8. The minimum absolute atomic E-state index is 0.0505. The molecular formula is C18H21ClO2. The lowest BCUT2D eigenvalue weighted by Gasteiger charge is -2.58. The standard InChI is InChI=1S/C18H21ClO2/c1-12-2-4-15(5-3-12)21-16(20)17-7-13-6-14(8-17)10-18(19,9-13)11-17/h2-5,13-14H,6-11H2,1H3. The quantitative estimate of drug-likeness (QED) is 0.457. The van der Waals surface area contributed by atoms with E-state index in [0.717, 1.165) is 32.1 Å². The first-order chi connectivity index (χ1) is 9.96. The second kappa shape index (κ2) is 4.49. The van der Waals surface area contributed by atoms with E-state index in [1.165, 1.54) is 12.0 Å². The average molecular weight is 305 g/mol. The average Bonchev–Trinajstić information content (AvgIpc) is 2.38. The molecule has 1 aromatic carbocycles. The fraction of sp³-hybridized carbons (Fsp3) is 0.611. The van der Waals surface area contributed by atoms with E-state index in [2.05, 4.69) is 0 Å². The van der Waals surface area contributed by atoms with Gasteiger partial charge in [-0.25, -0.2) is 0 Å². The molecule has 4 fully saturated rings. The number of benzene rings is 1. The van der Waals surface area contributed by atoms with Crippen molar-refractivity contribution in [2.75, 3.05) is 0 Å². The topological polar surface area (TPSA) is 26.3 Å². The molecule has 1 aromatic rings. The molecule has 0 aromatic heterocycles. The monoisotopic (exact) mass is 304 g/mol. The van der Waals surface area contributed by atoms with Gasteiger partial charge in [-0.3, -0.25) is 4.79 Å². The van der Waals surface area contributed by atoms with Crippen LogP contribution in [0.5, 0.6) is 5.75 Å². The summed E-state index contributed by atoms with van der Waals surface area (Å²) >= 11 is 6.78. The summed E-state index contributed by atoms with van der Waals surface area (Å²) in [6, 6.07) is 7.71. The fourth-order valence-corrected chi connectivity index (χ4v) is 5.90. The first-order valence-corrected chi connectivity index (χ1v) is 8.32. The number of hydrogen-bond acceptors (Lipinski definition) is 2. The summed E-state index contributed by atoms with van der Waals surface area (Å²) in [6.45, 7) is 2.03. The molecule has 5 rings (SSSR count). The summed E-state index contributed by atoms with van der Waals surface area (Å²) in [7, 11) is 0. The van der Waals surface area contributed by atoms with Gasteiger partial charge in [0.15, 0.2) is 0 Å². The lowest BCUT2D eigenvalue weighted by molar-refractivity contribution is -0.160. The van der Waals surface area contributed by atoms with Crippen molar-refractivity contribution in [3.8, 4) is 5.75 Å². The van der Waals surface area contributed by atoms with Gasteiger partial charge in [-0.15, -0.1) is 11.6 Å². The minimum Gasteiger partial charge on any atom is -0.426 e. The Bertz CT molecular complexity index is 563. The van der Waals surface area contributed by atoms with Gasteiger partial charge in [0.1, 0.15) is 5.75 Å². The van der Waals surface area contributed by atoms with Gasteiger partial charge in [0.25, 0.3) is 0 Å². The Morgan fingerprint density at radius 3 is 2.33 bits per heavy atom. The van der Waals surface area contributed by atoms with Crippen LogP contribution in [-0.2, 0) is 4.79 Å². The number of carbonyl (C=O) groups excluding carboxylic acids is 1. The Kier molecular flexibility index (Phi) is 2.91. The van der Waals surface area contributed by atoms with Crippen LogP contribution in [-0.4, -0.2) is 10.8 Å². The Labute approximate surface area is 130 Å². The normalized spacial score (nSPS) is 40.3.